The molecule has 0 unspecified atom stereocenters. The first kappa shape index (κ1) is 14.8. The molecule has 3 N–H and O–H groups in total. The second kappa shape index (κ2) is 5.80. The number of hydrogen-bond acceptors (Lipinski definition) is 4. The number of nitrogens with one attached hydrogen (secondary N) is 3. The molecule has 0 spiro atoms. The molecule has 0 radical (unpaired) electrons. The Bertz CT molecular complexity index is 609. The number of hydrogen-bond donors (Lipinski definition) is 3. The van der Waals surface area contributed by atoms with Crippen molar-refractivity contribution in [3.05, 3.63) is 23.8 Å². The van der Waals surface area contributed by atoms with Crippen LogP contribution < -0.4 is 15.4 Å². The quantitative estimate of drug-likeness (QED) is 0.732. The van der Waals surface area contributed by atoms with Gasteiger partial charge in [0.25, 0.3) is 0 Å². The topological polar surface area (TPSA) is 87.3 Å². The fraction of sp³-hybridized carbons (Fsp3) is 0.462. The lowest BCUT2D eigenvalue weighted by atomic mass is 10.2. The second-order valence-corrected chi connectivity index (χ2v) is 6.86. The summed E-state index contributed by atoms with van der Waals surface area (Å²) in [7, 11) is -3.29. The van der Waals surface area contributed by atoms with E-state index in [-0.39, 0.29) is 5.91 Å². The summed E-state index contributed by atoms with van der Waals surface area (Å²) in [5, 5.41) is 5.91. The fourth-order valence-electron chi connectivity index (χ4n) is 1.79. The van der Waals surface area contributed by atoms with Crippen molar-refractivity contribution < 1.29 is 13.2 Å². The van der Waals surface area contributed by atoms with Crippen molar-refractivity contribution in [3.63, 3.8) is 0 Å². The molecule has 20 heavy (non-hydrogen) atoms. The molecular weight excluding hydrogens is 278 g/mol. The number of amides is 1. The molecule has 1 aliphatic carbocycles. The SMILES string of the molecule is Cc1cc(NC(=O)CNC2CC2)ccc1NS(C)(=O)=O. The first-order chi connectivity index (χ1) is 9.33. The minimum atomic E-state index is -3.29. The molecule has 2 rings (SSSR count). The summed E-state index contributed by atoms with van der Waals surface area (Å²) in [4.78, 5) is 11.7. The Hall–Kier alpha value is -1.60. The van der Waals surface area contributed by atoms with Crippen LogP contribution in [0.2, 0.25) is 0 Å². The summed E-state index contributed by atoms with van der Waals surface area (Å²) in [5.74, 6) is -0.0971. The maximum Gasteiger partial charge on any atom is 0.238 e. The minimum Gasteiger partial charge on any atom is -0.325 e. The Morgan fingerprint density at radius 3 is 2.60 bits per heavy atom. The molecule has 1 amide bonds. The molecule has 0 saturated heterocycles. The van der Waals surface area contributed by atoms with Gasteiger partial charge in [-0.2, -0.15) is 0 Å². The van der Waals surface area contributed by atoms with Crippen molar-refractivity contribution in [1.29, 1.82) is 0 Å². The smallest absolute Gasteiger partial charge is 0.238 e. The molecule has 1 fully saturated rings. The molecule has 1 aromatic carbocycles. The molecule has 0 heterocycles. The van der Waals surface area contributed by atoms with Gasteiger partial charge in [0.05, 0.1) is 18.5 Å². The highest BCUT2D eigenvalue weighted by Crippen LogP contribution is 2.21. The highest BCUT2D eigenvalue weighted by atomic mass is 32.2. The maximum atomic E-state index is 11.7. The van der Waals surface area contributed by atoms with Crippen LogP contribution in [0.25, 0.3) is 0 Å². The van der Waals surface area contributed by atoms with Crippen LogP contribution in [0.4, 0.5) is 11.4 Å². The van der Waals surface area contributed by atoms with Crippen LogP contribution in [0.1, 0.15) is 18.4 Å². The maximum absolute atomic E-state index is 11.7. The van der Waals surface area contributed by atoms with Crippen molar-refractivity contribution in [2.24, 2.45) is 0 Å². The summed E-state index contributed by atoms with van der Waals surface area (Å²) >= 11 is 0. The van der Waals surface area contributed by atoms with Gasteiger partial charge in [0.2, 0.25) is 15.9 Å². The second-order valence-electron chi connectivity index (χ2n) is 5.11. The van der Waals surface area contributed by atoms with Gasteiger partial charge in [-0.15, -0.1) is 0 Å². The Morgan fingerprint density at radius 2 is 2.05 bits per heavy atom. The lowest BCUT2D eigenvalue weighted by Crippen LogP contribution is -2.29. The van der Waals surface area contributed by atoms with Gasteiger partial charge in [-0.25, -0.2) is 8.42 Å². The number of benzene rings is 1. The zero-order valence-corrected chi connectivity index (χ0v) is 12.4. The lowest BCUT2D eigenvalue weighted by Gasteiger charge is -2.11. The number of anilines is 2. The van der Waals surface area contributed by atoms with E-state index in [1.165, 1.54) is 0 Å². The Balaban J connectivity index is 1.95. The van der Waals surface area contributed by atoms with Gasteiger partial charge in [0.1, 0.15) is 0 Å². The summed E-state index contributed by atoms with van der Waals surface area (Å²) in [5.41, 5.74) is 1.93. The van der Waals surface area contributed by atoms with Crippen molar-refractivity contribution in [3.8, 4) is 0 Å². The van der Waals surface area contributed by atoms with Gasteiger partial charge >= 0.3 is 0 Å². The molecule has 1 saturated carbocycles. The van der Waals surface area contributed by atoms with E-state index in [0.29, 0.717) is 24.0 Å². The third-order valence-corrected chi connectivity index (χ3v) is 3.52. The van der Waals surface area contributed by atoms with Crippen LogP contribution in [0.5, 0.6) is 0 Å². The summed E-state index contributed by atoms with van der Waals surface area (Å²) in [6.07, 6.45) is 3.38. The normalized spacial score (nSPS) is 14.9. The highest BCUT2D eigenvalue weighted by Gasteiger charge is 2.21. The number of sulfonamides is 1. The van der Waals surface area contributed by atoms with E-state index < -0.39 is 10.0 Å². The first-order valence-electron chi connectivity index (χ1n) is 6.45. The standard InChI is InChI=1S/C13H19N3O3S/c1-9-7-11(5-6-12(9)16-20(2,18)19)15-13(17)8-14-10-3-4-10/h5-7,10,14,16H,3-4,8H2,1-2H3,(H,15,17). The van der Waals surface area contributed by atoms with Crippen LogP contribution in [-0.4, -0.2) is 33.2 Å². The third kappa shape index (κ3) is 4.82. The van der Waals surface area contributed by atoms with Crippen LogP contribution in [-0.2, 0) is 14.8 Å². The van der Waals surface area contributed by atoms with E-state index in [1.54, 1.807) is 25.1 Å². The van der Waals surface area contributed by atoms with E-state index in [2.05, 4.69) is 15.4 Å². The molecule has 0 aromatic heterocycles. The summed E-state index contributed by atoms with van der Waals surface area (Å²) in [6.45, 7) is 2.08. The van der Waals surface area contributed by atoms with Crippen molar-refractivity contribution >= 4 is 27.3 Å². The number of carbonyl (C=O) groups is 1. The Morgan fingerprint density at radius 1 is 1.35 bits per heavy atom. The van der Waals surface area contributed by atoms with E-state index in [4.69, 9.17) is 0 Å². The molecule has 0 aliphatic heterocycles. The Kier molecular flexibility index (Phi) is 4.29. The van der Waals surface area contributed by atoms with E-state index in [0.717, 1.165) is 24.7 Å². The van der Waals surface area contributed by atoms with Gasteiger partial charge in [-0.3, -0.25) is 9.52 Å². The third-order valence-electron chi connectivity index (χ3n) is 2.93. The predicted molar refractivity (Wildman–Crippen MR) is 79.3 cm³/mol. The van der Waals surface area contributed by atoms with Gasteiger partial charge < -0.3 is 10.6 Å². The lowest BCUT2D eigenvalue weighted by molar-refractivity contribution is -0.115. The number of aryl methyl sites for hydroxylation is 1. The molecule has 1 aromatic rings. The van der Waals surface area contributed by atoms with Crippen LogP contribution in [0.3, 0.4) is 0 Å². The largest absolute Gasteiger partial charge is 0.325 e. The monoisotopic (exact) mass is 297 g/mol. The number of rotatable bonds is 6. The Labute approximate surface area is 119 Å². The molecule has 7 heteroatoms. The van der Waals surface area contributed by atoms with Crippen molar-refractivity contribution in [2.75, 3.05) is 22.8 Å². The zero-order valence-electron chi connectivity index (χ0n) is 11.6. The average Bonchev–Trinajstić information content (AvgIpc) is 3.12. The summed E-state index contributed by atoms with van der Waals surface area (Å²) < 4.78 is 24.8. The highest BCUT2D eigenvalue weighted by molar-refractivity contribution is 7.92. The molecule has 110 valence electrons. The van der Waals surface area contributed by atoms with E-state index >= 15 is 0 Å². The van der Waals surface area contributed by atoms with Crippen LogP contribution in [0.15, 0.2) is 18.2 Å². The van der Waals surface area contributed by atoms with Crippen LogP contribution >= 0.6 is 0 Å². The predicted octanol–water partition coefficient (Wildman–Crippen LogP) is 1.06. The van der Waals surface area contributed by atoms with Crippen LogP contribution in [0, 0.1) is 6.92 Å². The first-order valence-corrected chi connectivity index (χ1v) is 8.34. The number of carbonyl (C=O) groups excluding carboxylic acids is 1. The molecule has 6 nitrogen and oxygen atoms in total. The van der Waals surface area contributed by atoms with Gasteiger partial charge in [0, 0.05) is 11.7 Å². The molecule has 0 atom stereocenters. The van der Waals surface area contributed by atoms with Crippen molar-refractivity contribution in [2.45, 2.75) is 25.8 Å². The van der Waals surface area contributed by atoms with Gasteiger partial charge in [0.15, 0.2) is 0 Å². The zero-order chi connectivity index (χ0) is 14.8. The van der Waals surface area contributed by atoms with E-state index in [1.807, 2.05) is 0 Å². The van der Waals surface area contributed by atoms with Gasteiger partial charge in [-0.1, -0.05) is 0 Å². The molecule has 0 bridgehead atoms. The van der Waals surface area contributed by atoms with Crippen molar-refractivity contribution in [1.82, 2.24) is 5.32 Å². The molecule has 1 aliphatic rings. The average molecular weight is 297 g/mol. The van der Waals surface area contributed by atoms with E-state index in [9.17, 15) is 13.2 Å². The fourth-order valence-corrected chi connectivity index (χ4v) is 2.41. The minimum absolute atomic E-state index is 0.0971. The van der Waals surface area contributed by atoms with Gasteiger partial charge in [-0.05, 0) is 43.5 Å². The summed E-state index contributed by atoms with van der Waals surface area (Å²) in [6, 6.07) is 5.54. The molecular formula is C13H19N3O3S.